The predicted octanol–water partition coefficient (Wildman–Crippen LogP) is 5.84. The summed E-state index contributed by atoms with van der Waals surface area (Å²) < 4.78 is 6.55. The molecular weight excluding hydrogens is 260 g/mol. The van der Waals surface area contributed by atoms with Crippen LogP contribution in [-0.2, 0) is 0 Å². The molecule has 20 heavy (non-hydrogen) atoms. The molecule has 0 saturated carbocycles. The lowest BCUT2D eigenvalue weighted by molar-refractivity contribution is 0.496. The smallest absolute Gasteiger partial charge is 0.250 e. The van der Waals surface area contributed by atoms with Crippen molar-refractivity contribution in [1.29, 1.82) is 0 Å². The molecule has 0 atom stereocenters. The summed E-state index contributed by atoms with van der Waals surface area (Å²) in [6.45, 7) is 15.8. The Bertz CT molecular complexity index is 636. The first-order valence-electron chi connectivity index (χ1n) is 7.31. The SMILES string of the molecule is Cc1cc(O[Si](C)(C)C(C)(C)C)c2ccccc2c1C. The standard InChI is InChI=1S/C18H26OSi/c1-13-12-17(19-20(6,7)18(3,4)5)16-11-9-8-10-15(16)14(13)2/h8-12H,1-7H3. The van der Waals surface area contributed by atoms with Crippen LogP contribution < -0.4 is 4.43 Å². The van der Waals surface area contributed by atoms with Gasteiger partial charge in [0.05, 0.1) is 0 Å². The van der Waals surface area contributed by atoms with Crippen LogP contribution in [0, 0.1) is 13.8 Å². The number of rotatable bonds is 2. The van der Waals surface area contributed by atoms with Crippen LogP contribution in [0.1, 0.15) is 31.9 Å². The van der Waals surface area contributed by atoms with Gasteiger partial charge >= 0.3 is 0 Å². The highest BCUT2D eigenvalue weighted by molar-refractivity contribution is 6.74. The molecule has 0 aliphatic heterocycles. The summed E-state index contributed by atoms with van der Waals surface area (Å²) in [5.41, 5.74) is 2.65. The minimum atomic E-state index is -1.80. The summed E-state index contributed by atoms with van der Waals surface area (Å²) in [7, 11) is -1.80. The van der Waals surface area contributed by atoms with Crippen LogP contribution in [0.3, 0.4) is 0 Å². The van der Waals surface area contributed by atoms with Crippen molar-refractivity contribution in [3.63, 3.8) is 0 Å². The third kappa shape index (κ3) is 2.62. The Morgan fingerprint density at radius 2 is 1.50 bits per heavy atom. The first-order chi connectivity index (χ1) is 9.13. The van der Waals surface area contributed by atoms with Crippen LogP contribution >= 0.6 is 0 Å². The quantitative estimate of drug-likeness (QED) is 0.630. The van der Waals surface area contributed by atoms with Crippen LogP contribution in [0.15, 0.2) is 30.3 Å². The maximum Gasteiger partial charge on any atom is 0.250 e. The van der Waals surface area contributed by atoms with Gasteiger partial charge < -0.3 is 4.43 Å². The first kappa shape index (κ1) is 15.1. The maximum atomic E-state index is 6.55. The zero-order valence-electron chi connectivity index (χ0n) is 13.8. The summed E-state index contributed by atoms with van der Waals surface area (Å²) in [6.07, 6.45) is 0. The lowest BCUT2D eigenvalue weighted by Gasteiger charge is -2.37. The highest BCUT2D eigenvalue weighted by Crippen LogP contribution is 2.40. The number of hydrogen-bond acceptors (Lipinski definition) is 1. The van der Waals surface area contributed by atoms with Gasteiger partial charge in [-0.25, -0.2) is 0 Å². The van der Waals surface area contributed by atoms with Gasteiger partial charge in [-0.2, -0.15) is 0 Å². The van der Waals surface area contributed by atoms with Gasteiger partial charge in [0.15, 0.2) is 0 Å². The van der Waals surface area contributed by atoms with Crippen LogP contribution in [-0.4, -0.2) is 8.32 Å². The molecule has 0 heterocycles. The van der Waals surface area contributed by atoms with E-state index in [2.05, 4.69) is 78.0 Å². The fraction of sp³-hybridized carbons (Fsp3) is 0.444. The minimum Gasteiger partial charge on any atom is -0.543 e. The Morgan fingerprint density at radius 1 is 0.950 bits per heavy atom. The lowest BCUT2D eigenvalue weighted by Crippen LogP contribution is -2.43. The summed E-state index contributed by atoms with van der Waals surface area (Å²) in [5.74, 6) is 1.05. The van der Waals surface area contributed by atoms with Gasteiger partial charge in [-0.05, 0) is 54.6 Å². The summed E-state index contributed by atoms with van der Waals surface area (Å²) >= 11 is 0. The molecule has 0 saturated heterocycles. The summed E-state index contributed by atoms with van der Waals surface area (Å²) in [4.78, 5) is 0. The molecular formula is C18H26OSi. The summed E-state index contributed by atoms with van der Waals surface area (Å²) in [6, 6.07) is 10.8. The van der Waals surface area contributed by atoms with Crippen molar-refractivity contribution < 1.29 is 4.43 Å². The van der Waals surface area contributed by atoms with E-state index < -0.39 is 8.32 Å². The molecule has 108 valence electrons. The zero-order chi connectivity index (χ0) is 15.1. The molecule has 0 fully saturated rings. The van der Waals surface area contributed by atoms with Crippen molar-refractivity contribution >= 4 is 19.1 Å². The fourth-order valence-corrected chi connectivity index (χ4v) is 3.16. The average molecular weight is 286 g/mol. The van der Waals surface area contributed by atoms with Crippen molar-refractivity contribution in [3.8, 4) is 5.75 Å². The first-order valence-corrected chi connectivity index (χ1v) is 10.2. The molecule has 0 aromatic heterocycles. The monoisotopic (exact) mass is 286 g/mol. The van der Waals surface area contributed by atoms with Gasteiger partial charge in [-0.3, -0.25) is 0 Å². The lowest BCUT2D eigenvalue weighted by atomic mass is 10.0. The second-order valence-corrected chi connectivity index (χ2v) is 11.9. The molecule has 1 nitrogen and oxygen atoms in total. The van der Waals surface area contributed by atoms with Crippen LogP contribution in [0.25, 0.3) is 10.8 Å². The Morgan fingerprint density at radius 3 is 2.05 bits per heavy atom. The van der Waals surface area contributed by atoms with Crippen LogP contribution in [0.2, 0.25) is 18.1 Å². The third-order valence-corrected chi connectivity index (χ3v) is 9.05. The molecule has 2 rings (SSSR count). The molecule has 0 aliphatic carbocycles. The predicted molar refractivity (Wildman–Crippen MR) is 91.2 cm³/mol. The average Bonchev–Trinajstić information content (AvgIpc) is 2.34. The summed E-state index contributed by atoms with van der Waals surface area (Å²) in [5, 5.41) is 2.76. The highest BCUT2D eigenvalue weighted by Gasteiger charge is 2.39. The fourth-order valence-electron chi connectivity index (χ4n) is 2.13. The van der Waals surface area contributed by atoms with Crippen LogP contribution in [0.4, 0.5) is 0 Å². The van der Waals surface area contributed by atoms with E-state index in [9.17, 15) is 0 Å². The third-order valence-electron chi connectivity index (χ3n) is 4.71. The van der Waals surface area contributed by atoms with Crippen molar-refractivity contribution in [2.45, 2.75) is 52.8 Å². The van der Waals surface area contributed by atoms with E-state index in [1.165, 1.54) is 21.9 Å². The Hall–Kier alpha value is -1.28. The molecule has 0 unspecified atom stereocenters. The largest absolute Gasteiger partial charge is 0.543 e. The van der Waals surface area contributed by atoms with E-state index in [0.717, 1.165) is 5.75 Å². The molecule has 0 amide bonds. The van der Waals surface area contributed by atoms with Crippen molar-refractivity contribution in [2.24, 2.45) is 0 Å². The molecule has 0 bridgehead atoms. The number of aryl methyl sites for hydroxylation is 2. The van der Waals surface area contributed by atoms with E-state index in [-0.39, 0.29) is 5.04 Å². The molecule has 0 spiro atoms. The molecule has 0 radical (unpaired) electrons. The topological polar surface area (TPSA) is 9.23 Å². The van der Waals surface area contributed by atoms with Crippen molar-refractivity contribution in [3.05, 3.63) is 41.5 Å². The van der Waals surface area contributed by atoms with Crippen molar-refractivity contribution in [1.82, 2.24) is 0 Å². The maximum absolute atomic E-state index is 6.55. The van der Waals surface area contributed by atoms with E-state index in [4.69, 9.17) is 4.43 Å². The van der Waals surface area contributed by atoms with Crippen molar-refractivity contribution in [2.75, 3.05) is 0 Å². The van der Waals surface area contributed by atoms with E-state index in [0.29, 0.717) is 0 Å². The molecule has 2 aromatic carbocycles. The molecule has 2 aromatic rings. The molecule has 2 heteroatoms. The minimum absolute atomic E-state index is 0.215. The highest BCUT2D eigenvalue weighted by atomic mass is 28.4. The normalized spacial score (nSPS) is 12.8. The van der Waals surface area contributed by atoms with Gasteiger partial charge in [0.2, 0.25) is 0 Å². The second-order valence-electron chi connectivity index (χ2n) is 7.22. The zero-order valence-corrected chi connectivity index (χ0v) is 14.8. The number of hydrogen-bond donors (Lipinski definition) is 0. The Kier molecular flexibility index (Phi) is 3.72. The van der Waals surface area contributed by atoms with Gasteiger partial charge in [0.1, 0.15) is 5.75 Å². The van der Waals surface area contributed by atoms with Gasteiger partial charge in [-0.15, -0.1) is 0 Å². The second kappa shape index (κ2) is 4.92. The van der Waals surface area contributed by atoms with E-state index in [1.807, 2.05) is 0 Å². The van der Waals surface area contributed by atoms with Gasteiger partial charge in [0.25, 0.3) is 8.32 Å². The molecule has 0 N–H and O–H groups in total. The van der Waals surface area contributed by atoms with Gasteiger partial charge in [-0.1, -0.05) is 45.0 Å². The molecule has 0 aliphatic rings. The van der Waals surface area contributed by atoms with E-state index in [1.54, 1.807) is 0 Å². The van der Waals surface area contributed by atoms with Crippen LogP contribution in [0.5, 0.6) is 5.75 Å². The number of fused-ring (bicyclic) bond motifs is 1. The van der Waals surface area contributed by atoms with E-state index >= 15 is 0 Å². The number of benzene rings is 2. The van der Waals surface area contributed by atoms with Gasteiger partial charge in [0, 0.05) is 5.39 Å². The Balaban J connectivity index is 2.59. The Labute approximate surface area is 124 Å².